The summed E-state index contributed by atoms with van der Waals surface area (Å²) in [5.41, 5.74) is -1.34. The molecule has 12 heavy (non-hydrogen) atoms. The van der Waals surface area contributed by atoms with Crippen LogP contribution >= 0.6 is 0 Å². The lowest BCUT2D eigenvalue weighted by atomic mass is 9.82. The largest absolute Gasteiger partial charge is 0.355 e. The lowest BCUT2D eigenvalue weighted by Crippen LogP contribution is -2.42. The monoisotopic (exact) mass is 175 g/mol. The van der Waals surface area contributed by atoms with Crippen molar-refractivity contribution in [1.29, 1.82) is 0 Å². The van der Waals surface area contributed by atoms with E-state index in [1.807, 2.05) is 0 Å². The van der Waals surface area contributed by atoms with Crippen LogP contribution in [0.2, 0.25) is 0 Å². The molecule has 4 heteroatoms. The summed E-state index contributed by atoms with van der Waals surface area (Å²) in [6, 6.07) is 0. The molecule has 2 fully saturated rings. The number of carbonyl (C=O) groups excluding carboxylic acids is 1. The molecule has 0 aromatic rings. The van der Waals surface area contributed by atoms with E-state index in [2.05, 4.69) is 5.32 Å². The summed E-state index contributed by atoms with van der Waals surface area (Å²) < 4.78 is 26.6. The molecule has 2 aliphatic rings. The van der Waals surface area contributed by atoms with Crippen molar-refractivity contribution in [1.82, 2.24) is 5.32 Å². The third-order valence-corrected chi connectivity index (χ3v) is 3.07. The van der Waals surface area contributed by atoms with Crippen LogP contribution in [0.5, 0.6) is 0 Å². The minimum atomic E-state index is -2.77. The molecule has 0 unspecified atom stereocenters. The van der Waals surface area contributed by atoms with Gasteiger partial charge in [-0.3, -0.25) is 4.79 Å². The Labute approximate surface area is 69.3 Å². The van der Waals surface area contributed by atoms with E-state index in [0.29, 0.717) is 25.8 Å². The van der Waals surface area contributed by atoms with Crippen LogP contribution < -0.4 is 5.32 Å². The molecule has 1 spiro atoms. The predicted molar refractivity (Wildman–Crippen MR) is 38.9 cm³/mol. The zero-order valence-corrected chi connectivity index (χ0v) is 6.70. The Bertz CT molecular complexity index is 225. The molecule has 1 heterocycles. The van der Waals surface area contributed by atoms with Crippen LogP contribution in [0.25, 0.3) is 0 Å². The van der Waals surface area contributed by atoms with Gasteiger partial charge in [0.1, 0.15) is 5.41 Å². The Morgan fingerprint density at radius 2 is 2.00 bits per heavy atom. The summed E-state index contributed by atoms with van der Waals surface area (Å²) in [6.45, 7) is 0.411. The highest BCUT2D eigenvalue weighted by atomic mass is 19.3. The number of amides is 1. The van der Waals surface area contributed by atoms with Crippen LogP contribution in [0.3, 0.4) is 0 Å². The van der Waals surface area contributed by atoms with Gasteiger partial charge < -0.3 is 5.32 Å². The third kappa shape index (κ3) is 0.753. The highest BCUT2D eigenvalue weighted by Crippen LogP contribution is 2.54. The maximum Gasteiger partial charge on any atom is 0.262 e. The van der Waals surface area contributed by atoms with Gasteiger partial charge in [-0.2, -0.15) is 0 Å². The Morgan fingerprint density at radius 3 is 2.42 bits per heavy atom. The molecule has 1 saturated heterocycles. The summed E-state index contributed by atoms with van der Waals surface area (Å²) in [4.78, 5) is 11.2. The van der Waals surface area contributed by atoms with Crippen molar-refractivity contribution in [2.24, 2.45) is 5.41 Å². The standard InChI is InChI=1S/C8H11F2NO/c9-8(10)3-1-2-7(8)4-5-11-6(7)12/h1-5H2,(H,11,12)/t7-/m1/s1. The Hall–Kier alpha value is -0.670. The van der Waals surface area contributed by atoms with E-state index in [-0.39, 0.29) is 6.42 Å². The van der Waals surface area contributed by atoms with Crippen molar-refractivity contribution in [3.63, 3.8) is 0 Å². The number of halogens is 2. The predicted octanol–water partition coefficient (Wildman–Crippen LogP) is 1.31. The second kappa shape index (κ2) is 2.18. The first-order chi connectivity index (χ1) is 5.58. The van der Waals surface area contributed by atoms with Gasteiger partial charge >= 0.3 is 0 Å². The van der Waals surface area contributed by atoms with Crippen LogP contribution in [0.15, 0.2) is 0 Å². The Kier molecular flexibility index (Phi) is 1.44. The average molecular weight is 175 g/mol. The van der Waals surface area contributed by atoms with Crippen LogP contribution in [0.1, 0.15) is 25.7 Å². The van der Waals surface area contributed by atoms with Crippen molar-refractivity contribution in [2.45, 2.75) is 31.6 Å². The van der Waals surface area contributed by atoms with Crippen LogP contribution in [0, 0.1) is 5.41 Å². The molecule has 2 nitrogen and oxygen atoms in total. The highest BCUT2D eigenvalue weighted by molar-refractivity contribution is 5.86. The molecule has 1 saturated carbocycles. The van der Waals surface area contributed by atoms with E-state index in [0.717, 1.165) is 0 Å². The fraction of sp³-hybridized carbons (Fsp3) is 0.875. The minimum absolute atomic E-state index is 0.125. The highest BCUT2D eigenvalue weighted by Gasteiger charge is 2.63. The molecule has 1 amide bonds. The van der Waals surface area contributed by atoms with Crippen molar-refractivity contribution < 1.29 is 13.6 Å². The van der Waals surface area contributed by atoms with Crippen molar-refractivity contribution >= 4 is 5.91 Å². The SMILES string of the molecule is O=C1NCC[C@]12CCCC2(F)F. The van der Waals surface area contributed by atoms with Gasteiger partial charge in [0.05, 0.1) is 0 Å². The van der Waals surface area contributed by atoms with E-state index < -0.39 is 17.2 Å². The molecule has 1 N–H and O–H groups in total. The van der Waals surface area contributed by atoms with Crippen LogP contribution in [0.4, 0.5) is 8.78 Å². The van der Waals surface area contributed by atoms with Gasteiger partial charge in [-0.05, 0) is 19.3 Å². The smallest absolute Gasteiger partial charge is 0.262 e. The molecular formula is C8H11F2NO. The second-order valence-electron chi connectivity index (χ2n) is 3.65. The number of carbonyl (C=O) groups is 1. The maximum absolute atomic E-state index is 13.3. The quantitative estimate of drug-likeness (QED) is 0.591. The molecule has 0 aromatic carbocycles. The van der Waals surface area contributed by atoms with Crippen molar-refractivity contribution in [3.8, 4) is 0 Å². The minimum Gasteiger partial charge on any atom is -0.355 e. The second-order valence-corrected chi connectivity index (χ2v) is 3.65. The van der Waals surface area contributed by atoms with Crippen molar-refractivity contribution in [2.75, 3.05) is 6.54 Å². The summed E-state index contributed by atoms with van der Waals surface area (Å²) in [6.07, 6.45) is 1.01. The Balaban J connectivity index is 2.35. The molecule has 1 aliphatic carbocycles. The fourth-order valence-electron chi connectivity index (χ4n) is 2.29. The number of nitrogens with one attached hydrogen (secondary N) is 1. The van der Waals surface area contributed by atoms with Crippen LogP contribution in [-0.2, 0) is 4.79 Å². The fourth-order valence-corrected chi connectivity index (χ4v) is 2.29. The first kappa shape index (κ1) is 7.95. The van der Waals surface area contributed by atoms with Crippen LogP contribution in [-0.4, -0.2) is 18.4 Å². The Morgan fingerprint density at radius 1 is 1.25 bits per heavy atom. The summed E-state index contributed by atoms with van der Waals surface area (Å²) in [7, 11) is 0. The normalized spacial score (nSPS) is 39.0. The van der Waals surface area contributed by atoms with Gasteiger partial charge in [0.2, 0.25) is 5.91 Å². The van der Waals surface area contributed by atoms with E-state index in [9.17, 15) is 13.6 Å². The zero-order valence-electron chi connectivity index (χ0n) is 6.70. The summed E-state index contributed by atoms with van der Waals surface area (Å²) >= 11 is 0. The first-order valence-corrected chi connectivity index (χ1v) is 4.25. The third-order valence-electron chi connectivity index (χ3n) is 3.07. The first-order valence-electron chi connectivity index (χ1n) is 4.25. The lowest BCUT2D eigenvalue weighted by molar-refractivity contribution is -0.148. The molecule has 0 radical (unpaired) electrons. The van der Waals surface area contributed by atoms with Gasteiger partial charge in [0.15, 0.2) is 0 Å². The van der Waals surface area contributed by atoms with E-state index in [1.165, 1.54) is 0 Å². The van der Waals surface area contributed by atoms with Gasteiger partial charge in [0.25, 0.3) is 5.92 Å². The number of hydrogen-bond acceptors (Lipinski definition) is 1. The number of alkyl halides is 2. The van der Waals surface area contributed by atoms with Gasteiger partial charge in [-0.25, -0.2) is 8.78 Å². The lowest BCUT2D eigenvalue weighted by Gasteiger charge is -2.27. The van der Waals surface area contributed by atoms with E-state index in [4.69, 9.17) is 0 Å². The summed E-state index contributed by atoms with van der Waals surface area (Å²) in [5.74, 6) is -3.21. The summed E-state index contributed by atoms with van der Waals surface area (Å²) in [5, 5.41) is 2.49. The van der Waals surface area contributed by atoms with E-state index in [1.54, 1.807) is 0 Å². The molecule has 68 valence electrons. The topological polar surface area (TPSA) is 29.1 Å². The molecule has 0 bridgehead atoms. The zero-order chi connectivity index (χ0) is 8.82. The molecule has 0 aromatic heterocycles. The molecule has 1 aliphatic heterocycles. The van der Waals surface area contributed by atoms with Gasteiger partial charge in [-0.1, -0.05) is 0 Å². The number of hydrogen-bond donors (Lipinski definition) is 1. The average Bonchev–Trinajstić information content (AvgIpc) is 2.45. The van der Waals surface area contributed by atoms with Gasteiger partial charge in [0, 0.05) is 13.0 Å². The van der Waals surface area contributed by atoms with Crippen molar-refractivity contribution in [3.05, 3.63) is 0 Å². The molecular weight excluding hydrogens is 164 g/mol. The van der Waals surface area contributed by atoms with E-state index >= 15 is 0 Å². The maximum atomic E-state index is 13.3. The molecule has 2 rings (SSSR count). The van der Waals surface area contributed by atoms with Gasteiger partial charge in [-0.15, -0.1) is 0 Å². The molecule has 1 atom stereocenters. The number of rotatable bonds is 0.